The lowest BCUT2D eigenvalue weighted by molar-refractivity contribution is 1.23. The minimum absolute atomic E-state index is 0.906. The molecule has 0 saturated carbocycles. The lowest BCUT2D eigenvalue weighted by Gasteiger charge is -2.06. The average Bonchev–Trinajstić information content (AvgIpc) is 2.48. The molecule has 0 fully saturated rings. The van der Waals surface area contributed by atoms with Gasteiger partial charge in [0, 0.05) is 11.8 Å². The van der Waals surface area contributed by atoms with Crippen LogP contribution in [0, 0.1) is 6.92 Å². The summed E-state index contributed by atoms with van der Waals surface area (Å²) in [7, 11) is 0. The summed E-state index contributed by atoms with van der Waals surface area (Å²) in [4.78, 5) is 9.07. The molecule has 2 heterocycles. The van der Waals surface area contributed by atoms with Gasteiger partial charge in [-0.15, -0.1) is 0 Å². The van der Waals surface area contributed by atoms with Crippen LogP contribution in [0.15, 0.2) is 66.9 Å². The summed E-state index contributed by atoms with van der Waals surface area (Å²) < 4.78 is 0. The largest absolute Gasteiger partial charge is 0.255 e. The van der Waals surface area contributed by atoms with Crippen LogP contribution in [0.2, 0.25) is 0 Å². The highest BCUT2D eigenvalue weighted by molar-refractivity contribution is 5.65. The minimum atomic E-state index is 0.906. The minimum Gasteiger partial charge on any atom is -0.255 e. The van der Waals surface area contributed by atoms with Gasteiger partial charge < -0.3 is 0 Å². The molecule has 0 N–H and O–H groups in total. The molecule has 0 aliphatic heterocycles. The Bertz CT molecular complexity index is 618. The first-order valence-corrected chi connectivity index (χ1v) is 6.28. The number of pyridine rings is 2. The second kappa shape index (κ2) is 5.02. The van der Waals surface area contributed by atoms with Gasteiger partial charge in [-0.2, -0.15) is 0 Å². The number of hydrogen-bond donors (Lipinski definition) is 0. The molecule has 2 aromatic heterocycles. The number of benzene rings is 1. The summed E-state index contributed by atoms with van der Waals surface area (Å²) in [5, 5.41) is 0. The average molecular weight is 246 g/mol. The van der Waals surface area contributed by atoms with E-state index in [2.05, 4.69) is 36.2 Å². The third-order valence-electron chi connectivity index (χ3n) is 2.97. The molecular formula is C17H14N2. The summed E-state index contributed by atoms with van der Waals surface area (Å²) in [6, 6.07) is 20.3. The van der Waals surface area contributed by atoms with Crippen LogP contribution in [-0.4, -0.2) is 9.97 Å². The van der Waals surface area contributed by atoms with Gasteiger partial charge in [-0.25, -0.2) is 4.98 Å². The molecule has 0 spiro atoms. The monoisotopic (exact) mass is 246 g/mol. The molecule has 3 aromatic rings. The molecule has 0 atom stereocenters. The van der Waals surface area contributed by atoms with E-state index in [1.807, 2.05) is 36.4 Å². The first-order valence-electron chi connectivity index (χ1n) is 6.28. The Hall–Kier alpha value is -2.48. The SMILES string of the molecule is Cc1cc(-c2ccccc2)nc(-c2ccccn2)c1. The van der Waals surface area contributed by atoms with Crippen LogP contribution in [0.3, 0.4) is 0 Å². The van der Waals surface area contributed by atoms with Gasteiger partial charge in [-0.05, 0) is 36.8 Å². The molecule has 2 heteroatoms. The van der Waals surface area contributed by atoms with Crippen molar-refractivity contribution >= 4 is 0 Å². The first-order chi connectivity index (χ1) is 9.33. The molecule has 3 rings (SSSR count). The Morgan fingerprint density at radius 1 is 0.737 bits per heavy atom. The maximum absolute atomic E-state index is 4.71. The molecule has 0 radical (unpaired) electrons. The summed E-state index contributed by atoms with van der Waals surface area (Å²) >= 11 is 0. The van der Waals surface area contributed by atoms with Crippen LogP contribution in [-0.2, 0) is 0 Å². The summed E-state index contributed by atoms with van der Waals surface area (Å²) in [6.07, 6.45) is 1.79. The van der Waals surface area contributed by atoms with Crippen molar-refractivity contribution in [1.29, 1.82) is 0 Å². The predicted molar refractivity (Wildman–Crippen MR) is 77.6 cm³/mol. The van der Waals surface area contributed by atoms with Gasteiger partial charge in [0.1, 0.15) is 0 Å². The van der Waals surface area contributed by atoms with Crippen molar-refractivity contribution in [1.82, 2.24) is 9.97 Å². The zero-order valence-corrected chi connectivity index (χ0v) is 10.7. The molecule has 0 amide bonds. The standard InChI is InChI=1S/C17H14N2/c1-13-11-16(14-7-3-2-4-8-14)19-17(12-13)15-9-5-6-10-18-15/h2-12H,1H3. The highest BCUT2D eigenvalue weighted by atomic mass is 14.8. The Morgan fingerprint density at radius 3 is 2.21 bits per heavy atom. The Labute approximate surface area is 112 Å². The molecule has 1 aromatic carbocycles. The number of aromatic nitrogens is 2. The molecule has 2 nitrogen and oxygen atoms in total. The maximum atomic E-state index is 4.71. The zero-order chi connectivity index (χ0) is 13.1. The van der Waals surface area contributed by atoms with E-state index in [0.717, 1.165) is 22.6 Å². The highest BCUT2D eigenvalue weighted by Gasteiger charge is 2.05. The lowest BCUT2D eigenvalue weighted by Crippen LogP contribution is -1.91. The van der Waals surface area contributed by atoms with Gasteiger partial charge in [0.25, 0.3) is 0 Å². The molecule has 0 saturated heterocycles. The van der Waals surface area contributed by atoms with Crippen molar-refractivity contribution in [3.8, 4) is 22.6 Å². The molecular weight excluding hydrogens is 232 g/mol. The van der Waals surface area contributed by atoms with Crippen molar-refractivity contribution < 1.29 is 0 Å². The second-order valence-electron chi connectivity index (χ2n) is 4.50. The van der Waals surface area contributed by atoms with E-state index >= 15 is 0 Å². The highest BCUT2D eigenvalue weighted by Crippen LogP contribution is 2.23. The molecule has 0 bridgehead atoms. The van der Waals surface area contributed by atoms with E-state index in [9.17, 15) is 0 Å². The van der Waals surface area contributed by atoms with E-state index in [4.69, 9.17) is 4.98 Å². The van der Waals surface area contributed by atoms with Gasteiger partial charge in [-0.1, -0.05) is 36.4 Å². The Kier molecular flexibility index (Phi) is 3.07. The van der Waals surface area contributed by atoms with Crippen molar-refractivity contribution in [3.05, 3.63) is 72.4 Å². The summed E-state index contributed by atoms with van der Waals surface area (Å²) in [5.41, 5.74) is 5.13. The van der Waals surface area contributed by atoms with Crippen molar-refractivity contribution in [2.45, 2.75) is 6.92 Å². The third-order valence-corrected chi connectivity index (χ3v) is 2.97. The van der Waals surface area contributed by atoms with E-state index < -0.39 is 0 Å². The zero-order valence-electron chi connectivity index (χ0n) is 10.7. The summed E-state index contributed by atoms with van der Waals surface area (Å²) in [5.74, 6) is 0. The van der Waals surface area contributed by atoms with Crippen LogP contribution in [0.5, 0.6) is 0 Å². The van der Waals surface area contributed by atoms with Gasteiger partial charge in [0.05, 0.1) is 17.1 Å². The van der Waals surface area contributed by atoms with Crippen molar-refractivity contribution in [2.75, 3.05) is 0 Å². The molecule has 0 aliphatic carbocycles. The fourth-order valence-corrected chi connectivity index (χ4v) is 2.07. The van der Waals surface area contributed by atoms with Gasteiger partial charge >= 0.3 is 0 Å². The van der Waals surface area contributed by atoms with E-state index in [1.165, 1.54) is 5.56 Å². The molecule has 0 aliphatic rings. The van der Waals surface area contributed by atoms with Crippen LogP contribution >= 0.6 is 0 Å². The fraction of sp³-hybridized carbons (Fsp3) is 0.0588. The maximum Gasteiger partial charge on any atom is 0.0896 e. The number of aryl methyl sites for hydroxylation is 1. The van der Waals surface area contributed by atoms with Gasteiger partial charge in [0.2, 0.25) is 0 Å². The second-order valence-corrected chi connectivity index (χ2v) is 4.50. The van der Waals surface area contributed by atoms with Gasteiger partial charge in [0.15, 0.2) is 0 Å². The van der Waals surface area contributed by atoms with Crippen LogP contribution in [0.4, 0.5) is 0 Å². The molecule has 92 valence electrons. The van der Waals surface area contributed by atoms with Crippen molar-refractivity contribution in [2.24, 2.45) is 0 Å². The van der Waals surface area contributed by atoms with Crippen LogP contribution in [0.25, 0.3) is 22.6 Å². The quantitative estimate of drug-likeness (QED) is 0.679. The number of hydrogen-bond acceptors (Lipinski definition) is 2. The third kappa shape index (κ3) is 2.52. The van der Waals surface area contributed by atoms with Gasteiger partial charge in [-0.3, -0.25) is 4.98 Å². The smallest absolute Gasteiger partial charge is 0.0896 e. The normalized spacial score (nSPS) is 10.4. The fourth-order valence-electron chi connectivity index (χ4n) is 2.07. The first kappa shape index (κ1) is 11.6. The Balaban J connectivity index is 2.12. The number of rotatable bonds is 2. The number of nitrogens with zero attached hydrogens (tertiary/aromatic N) is 2. The van der Waals surface area contributed by atoms with E-state index in [1.54, 1.807) is 6.20 Å². The van der Waals surface area contributed by atoms with Crippen LogP contribution in [0.1, 0.15) is 5.56 Å². The topological polar surface area (TPSA) is 25.8 Å². The van der Waals surface area contributed by atoms with Crippen LogP contribution < -0.4 is 0 Å². The summed E-state index contributed by atoms with van der Waals surface area (Å²) in [6.45, 7) is 2.08. The van der Waals surface area contributed by atoms with Crippen molar-refractivity contribution in [3.63, 3.8) is 0 Å². The van der Waals surface area contributed by atoms with E-state index in [0.29, 0.717) is 0 Å². The predicted octanol–water partition coefficient (Wildman–Crippen LogP) is 4.12. The van der Waals surface area contributed by atoms with E-state index in [-0.39, 0.29) is 0 Å². The molecule has 0 unspecified atom stereocenters. The lowest BCUT2D eigenvalue weighted by atomic mass is 10.1. The molecule has 19 heavy (non-hydrogen) atoms. The Morgan fingerprint density at radius 2 is 1.47 bits per heavy atom.